The van der Waals surface area contributed by atoms with Crippen LogP contribution in [0.25, 0.3) is 22.8 Å². The van der Waals surface area contributed by atoms with Gasteiger partial charge in [-0.05, 0) is 60.7 Å². The normalized spacial score (nSPS) is 10.4. The zero-order valence-electron chi connectivity index (χ0n) is 17.6. The zero-order valence-corrected chi connectivity index (χ0v) is 17.6. The summed E-state index contributed by atoms with van der Waals surface area (Å²) >= 11 is 0. The first-order valence-corrected chi connectivity index (χ1v) is 9.80. The molecule has 4 aromatic rings. The Kier molecular flexibility index (Phi) is 6.31. The summed E-state index contributed by atoms with van der Waals surface area (Å²) in [7, 11) is 3.18. The number of carbonyl (C=O) groups is 1. The Morgan fingerprint density at radius 3 is 2.28 bits per heavy atom. The van der Waals surface area contributed by atoms with E-state index in [1.165, 1.54) is 0 Å². The number of amides is 1. The van der Waals surface area contributed by atoms with Gasteiger partial charge in [0.05, 0.1) is 14.2 Å². The van der Waals surface area contributed by atoms with Crippen molar-refractivity contribution in [1.29, 1.82) is 0 Å². The lowest BCUT2D eigenvalue weighted by molar-refractivity contribution is -0.118. The van der Waals surface area contributed by atoms with Crippen LogP contribution in [0.1, 0.15) is 0 Å². The van der Waals surface area contributed by atoms with E-state index in [0.717, 1.165) is 16.9 Å². The van der Waals surface area contributed by atoms with Gasteiger partial charge in [0.1, 0.15) is 17.2 Å². The fourth-order valence-corrected chi connectivity index (χ4v) is 2.94. The number of hydrogen-bond donors (Lipinski definition) is 1. The van der Waals surface area contributed by atoms with Gasteiger partial charge in [-0.1, -0.05) is 11.2 Å². The van der Waals surface area contributed by atoms with Crippen LogP contribution in [-0.2, 0) is 4.79 Å². The SMILES string of the molecule is COc1ccc(-c2noc(-c3ccc(OCC(=O)Nc4cccc(OC)c4)cc3)n2)cc1. The quantitative estimate of drug-likeness (QED) is 0.441. The number of aromatic nitrogens is 2. The molecule has 0 unspecified atom stereocenters. The minimum atomic E-state index is -0.275. The largest absolute Gasteiger partial charge is 0.497 e. The number of benzene rings is 3. The van der Waals surface area contributed by atoms with Crippen LogP contribution in [0.15, 0.2) is 77.3 Å². The first-order chi connectivity index (χ1) is 15.6. The third kappa shape index (κ3) is 5.04. The maximum atomic E-state index is 12.1. The predicted octanol–water partition coefficient (Wildman–Crippen LogP) is 4.44. The van der Waals surface area contributed by atoms with E-state index < -0.39 is 0 Å². The molecule has 1 aromatic heterocycles. The van der Waals surface area contributed by atoms with Gasteiger partial charge in [-0.2, -0.15) is 4.98 Å². The third-order valence-corrected chi connectivity index (χ3v) is 4.60. The van der Waals surface area contributed by atoms with E-state index >= 15 is 0 Å². The second-order valence-corrected chi connectivity index (χ2v) is 6.74. The highest BCUT2D eigenvalue weighted by atomic mass is 16.5. The van der Waals surface area contributed by atoms with E-state index in [9.17, 15) is 4.79 Å². The smallest absolute Gasteiger partial charge is 0.262 e. The van der Waals surface area contributed by atoms with Crippen molar-refractivity contribution >= 4 is 11.6 Å². The average Bonchev–Trinajstić information content (AvgIpc) is 3.33. The van der Waals surface area contributed by atoms with E-state index in [2.05, 4.69) is 15.5 Å². The molecule has 0 spiro atoms. The van der Waals surface area contributed by atoms with Gasteiger partial charge in [-0.15, -0.1) is 0 Å². The van der Waals surface area contributed by atoms with Crippen LogP contribution >= 0.6 is 0 Å². The Bertz CT molecular complexity index is 1190. The summed E-state index contributed by atoms with van der Waals surface area (Å²) in [5.74, 6) is 2.56. The van der Waals surface area contributed by atoms with E-state index in [1.54, 1.807) is 62.8 Å². The maximum absolute atomic E-state index is 12.1. The highest BCUT2D eigenvalue weighted by Crippen LogP contribution is 2.25. The Balaban J connectivity index is 1.35. The molecule has 4 rings (SSSR count). The molecule has 0 aliphatic rings. The average molecular weight is 431 g/mol. The van der Waals surface area contributed by atoms with Gasteiger partial charge < -0.3 is 24.1 Å². The number of anilines is 1. The summed E-state index contributed by atoms with van der Waals surface area (Å²) in [5, 5.41) is 6.80. The number of carbonyl (C=O) groups excluding carboxylic acids is 1. The first kappa shape index (κ1) is 20.9. The molecule has 0 aliphatic carbocycles. The summed E-state index contributed by atoms with van der Waals surface area (Å²) in [6.45, 7) is -0.126. The molecule has 0 atom stereocenters. The summed E-state index contributed by atoms with van der Waals surface area (Å²) < 4.78 is 21.2. The standard InChI is InChI=1S/C24H21N3O5/c1-29-19-10-6-16(7-11-19)23-26-24(32-27-23)17-8-12-20(13-9-17)31-15-22(28)25-18-4-3-5-21(14-18)30-2/h3-14H,15H2,1-2H3,(H,25,28). The third-order valence-electron chi connectivity index (χ3n) is 4.60. The number of ether oxygens (including phenoxy) is 3. The molecule has 0 aliphatic heterocycles. The molecule has 1 heterocycles. The van der Waals surface area contributed by atoms with Crippen LogP contribution in [0.3, 0.4) is 0 Å². The minimum Gasteiger partial charge on any atom is -0.497 e. The molecule has 1 N–H and O–H groups in total. The van der Waals surface area contributed by atoms with Crippen molar-refractivity contribution < 1.29 is 23.5 Å². The topological polar surface area (TPSA) is 95.7 Å². The van der Waals surface area contributed by atoms with Crippen molar-refractivity contribution in [3.63, 3.8) is 0 Å². The van der Waals surface area contributed by atoms with Gasteiger partial charge in [0.15, 0.2) is 6.61 Å². The van der Waals surface area contributed by atoms with E-state index in [-0.39, 0.29) is 12.5 Å². The second kappa shape index (κ2) is 9.65. The van der Waals surface area contributed by atoms with Crippen molar-refractivity contribution in [2.45, 2.75) is 0 Å². The van der Waals surface area contributed by atoms with Crippen molar-refractivity contribution in [1.82, 2.24) is 10.1 Å². The molecule has 1 amide bonds. The number of rotatable bonds is 8. The van der Waals surface area contributed by atoms with Gasteiger partial charge >= 0.3 is 0 Å². The molecule has 0 saturated carbocycles. The molecule has 0 radical (unpaired) electrons. The summed E-state index contributed by atoms with van der Waals surface area (Å²) in [5.41, 5.74) is 2.20. The van der Waals surface area contributed by atoms with E-state index in [0.29, 0.717) is 28.9 Å². The van der Waals surface area contributed by atoms with Crippen LogP contribution in [0.4, 0.5) is 5.69 Å². The molecule has 8 nitrogen and oxygen atoms in total. The maximum Gasteiger partial charge on any atom is 0.262 e. The Hall–Kier alpha value is -4.33. The van der Waals surface area contributed by atoms with Gasteiger partial charge in [-0.25, -0.2) is 0 Å². The Labute approximate surface area is 184 Å². The number of nitrogens with zero attached hydrogens (tertiary/aromatic N) is 2. The molecular formula is C24H21N3O5. The van der Waals surface area contributed by atoms with E-state index in [1.807, 2.05) is 24.3 Å². The number of methoxy groups -OCH3 is 2. The monoisotopic (exact) mass is 431 g/mol. The molecule has 0 bridgehead atoms. The lowest BCUT2D eigenvalue weighted by Crippen LogP contribution is -2.20. The Morgan fingerprint density at radius 2 is 1.56 bits per heavy atom. The molecule has 0 saturated heterocycles. The summed E-state index contributed by atoms with van der Waals surface area (Å²) in [6, 6.07) is 21.6. The fraction of sp³-hybridized carbons (Fsp3) is 0.125. The van der Waals surface area contributed by atoms with Crippen molar-refractivity contribution in [2.24, 2.45) is 0 Å². The molecule has 8 heteroatoms. The Morgan fingerprint density at radius 1 is 0.875 bits per heavy atom. The van der Waals surface area contributed by atoms with Crippen LogP contribution in [0.5, 0.6) is 17.2 Å². The van der Waals surface area contributed by atoms with E-state index in [4.69, 9.17) is 18.7 Å². The molecule has 162 valence electrons. The van der Waals surface area contributed by atoms with Crippen LogP contribution < -0.4 is 19.5 Å². The van der Waals surface area contributed by atoms with Gasteiger partial charge in [0.2, 0.25) is 5.82 Å². The van der Waals surface area contributed by atoms with Gasteiger partial charge in [-0.3, -0.25) is 4.79 Å². The highest BCUT2D eigenvalue weighted by Gasteiger charge is 2.11. The first-order valence-electron chi connectivity index (χ1n) is 9.80. The number of hydrogen-bond acceptors (Lipinski definition) is 7. The molecular weight excluding hydrogens is 410 g/mol. The van der Waals surface area contributed by atoms with Crippen LogP contribution in [0, 0.1) is 0 Å². The lowest BCUT2D eigenvalue weighted by atomic mass is 10.2. The zero-order chi connectivity index (χ0) is 22.3. The van der Waals surface area contributed by atoms with Crippen molar-refractivity contribution in [3.8, 4) is 40.1 Å². The predicted molar refractivity (Wildman–Crippen MR) is 119 cm³/mol. The number of nitrogens with one attached hydrogen (secondary N) is 1. The summed E-state index contributed by atoms with van der Waals surface area (Å²) in [4.78, 5) is 16.6. The molecule has 0 fully saturated rings. The molecule has 32 heavy (non-hydrogen) atoms. The van der Waals surface area contributed by atoms with Gasteiger partial charge in [0.25, 0.3) is 11.8 Å². The lowest BCUT2D eigenvalue weighted by Gasteiger charge is -2.08. The molecule has 3 aromatic carbocycles. The minimum absolute atomic E-state index is 0.126. The highest BCUT2D eigenvalue weighted by molar-refractivity contribution is 5.92. The second-order valence-electron chi connectivity index (χ2n) is 6.74. The summed E-state index contributed by atoms with van der Waals surface area (Å²) in [6.07, 6.45) is 0. The van der Waals surface area contributed by atoms with Crippen molar-refractivity contribution in [2.75, 3.05) is 26.1 Å². The van der Waals surface area contributed by atoms with Crippen molar-refractivity contribution in [3.05, 3.63) is 72.8 Å². The fourth-order valence-electron chi connectivity index (χ4n) is 2.94. The van der Waals surface area contributed by atoms with Crippen LogP contribution in [0.2, 0.25) is 0 Å². The van der Waals surface area contributed by atoms with Gasteiger partial charge in [0, 0.05) is 22.9 Å². The van der Waals surface area contributed by atoms with Crippen LogP contribution in [-0.4, -0.2) is 36.9 Å².